The molecule has 0 unspecified atom stereocenters. The van der Waals surface area contributed by atoms with Gasteiger partial charge in [-0.1, -0.05) is 48.5 Å². The van der Waals surface area contributed by atoms with Crippen LogP contribution in [0.15, 0.2) is 177 Å². The van der Waals surface area contributed by atoms with Gasteiger partial charge in [0.05, 0.1) is 50.5 Å². The Bertz CT molecular complexity index is 3140. The van der Waals surface area contributed by atoms with Crippen LogP contribution in [0.2, 0.25) is 0 Å². The van der Waals surface area contributed by atoms with Crippen molar-refractivity contribution in [2.24, 2.45) is 0 Å². The highest BCUT2D eigenvalue weighted by Gasteiger charge is 2.18. The Labute approximate surface area is 320 Å². The molecule has 0 spiro atoms. The summed E-state index contributed by atoms with van der Waals surface area (Å²) in [4.78, 5) is 33.9. The summed E-state index contributed by atoms with van der Waals surface area (Å²) in [6, 6.07) is 45.1. The van der Waals surface area contributed by atoms with Crippen LogP contribution in [-0.2, 0) is 0 Å². The highest BCUT2D eigenvalue weighted by molar-refractivity contribution is 6.09. The van der Waals surface area contributed by atoms with Gasteiger partial charge in [-0.3, -0.25) is 29.1 Å². The van der Waals surface area contributed by atoms with Crippen LogP contribution in [0.5, 0.6) is 0 Å². The molecule has 2 aromatic carbocycles. The van der Waals surface area contributed by atoms with Crippen LogP contribution >= 0.6 is 0 Å². The molecule has 11 rings (SSSR count). The number of hydrogen-bond donors (Lipinski definition) is 0. The largest absolute Gasteiger partial charge is 0.294 e. The number of benzene rings is 2. The van der Waals surface area contributed by atoms with Gasteiger partial charge in [-0.05, 0) is 84.9 Å². The summed E-state index contributed by atoms with van der Waals surface area (Å²) >= 11 is 0. The molecule has 0 bridgehead atoms. The van der Waals surface area contributed by atoms with E-state index in [1.54, 1.807) is 6.20 Å². The minimum atomic E-state index is 0.728. The Morgan fingerprint density at radius 3 is 1.50 bits per heavy atom. The zero-order valence-corrected chi connectivity index (χ0v) is 29.8. The van der Waals surface area contributed by atoms with Gasteiger partial charge in [-0.25, -0.2) is 15.0 Å². The van der Waals surface area contributed by atoms with E-state index in [9.17, 15) is 0 Å². The molecule has 9 heterocycles. The molecular formula is C47H29N9. The van der Waals surface area contributed by atoms with Crippen LogP contribution in [0.4, 0.5) is 0 Å². The first-order valence-electron chi connectivity index (χ1n) is 18.3. The molecule has 262 valence electrons. The van der Waals surface area contributed by atoms with E-state index in [-0.39, 0.29) is 0 Å². The summed E-state index contributed by atoms with van der Waals surface area (Å²) in [5.41, 5.74) is 10.7. The third kappa shape index (κ3) is 5.21. The van der Waals surface area contributed by atoms with Crippen molar-refractivity contribution < 1.29 is 0 Å². The fourth-order valence-electron chi connectivity index (χ4n) is 7.73. The van der Waals surface area contributed by atoms with E-state index in [2.05, 4.69) is 103 Å². The van der Waals surface area contributed by atoms with Crippen LogP contribution < -0.4 is 0 Å². The van der Waals surface area contributed by atoms with E-state index in [1.165, 1.54) is 0 Å². The second-order valence-corrected chi connectivity index (χ2v) is 13.6. The lowest BCUT2D eigenvalue weighted by atomic mass is 10.0. The maximum absolute atomic E-state index is 5.39. The minimum Gasteiger partial charge on any atom is -0.294 e. The third-order valence-electron chi connectivity index (χ3n) is 10.3. The van der Waals surface area contributed by atoms with E-state index in [4.69, 9.17) is 19.9 Å². The van der Waals surface area contributed by atoms with Crippen LogP contribution in [0.1, 0.15) is 0 Å². The van der Waals surface area contributed by atoms with Crippen LogP contribution in [0, 0.1) is 0 Å². The molecule has 0 atom stereocenters. The van der Waals surface area contributed by atoms with Crippen molar-refractivity contribution in [3.05, 3.63) is 177 Å². The van der Waals surface area contributed by atoms with Gasteiger partial charge in [0.2, 0.25) is 0 Å². The molecule has 0 radical (unpaired) electrons. The van der Waals surface area contributed by atoms with Gasteiger partial charge in [-0.15, -0.1) is 0 Å². The molecule has 0 saturated carbocycles. The van der Waals surface area contributed by atoms with E-state index in [0.717, 1.165) is 100 Å². The van der Waals surface area contributed by atoms with Crippen molar-refractivity contribution in [1.29, 1.82) is 0 Å². The molecule has 0 fully saturated rings. The second kappa shape index (κ2) is 12.9. The summed E-state index contributed by atoms with van der Waals surface area (Å²) in [6.45, 7) is 0. The fourth-order valence-corrected chi connectivity index (χ4v) is 7.73. The molecule has 0 aliphatic heterocycles. The molecular weight excluding hydrogens is 691 g/mol. The molecule has 56 heavy (non-hydrogen) atoms. The summed E-state index contributed by atoms with van der Waals surface area (Å²) in [6.07, 6.45) is 13.0. The van der Waals surface area contributed by atoms with Crippen LogP contribution in [0.3, 0.4) is 0 Å². The number of hydrogen-bond acceptors (Lipinski definition) is 7. The van der Waals surface area contributed by atoms with Gasteiger partial charge in [0.1, 0.15) is 11.6 Å². The Balaban J connectivity index is 1.11. The average Bonchev–Trinajstić information content (AvgIpc) is 3.80. The first-order valence-corrected chi connectivity index (χ1v) is 18.3. The molecule has 9 aromatic heterocycles. The van der Waals surface area contributed by atoms with Gasteiger partial charge in [0.15, 0.2) is 0 Å². The van der Waals surface area contributed by atoms with Crippen molar-refractivity contribution in [3.63, 3.8) is 0 Å². The van der Waals surface area contributed by atoms with Gasteiger partial charge >= 0.3 is 0 Å². The zero-order valence-electron chi connectivity index (χ0n) is 29.8. The molecule has 0 N–H and O–H groups in total. The quantitative estimate of drug-likeness (QED) is 0.169. The maximum Gasteiger partial charge on any atom is 0.138 e. The molecule has 0 aliphatic carbocycles. The van der Waals surface area contributed by atoms with Crippen molar-refractivity contribution >= 4 is 43.6 Å². The molecule has 9 nitrogen and oxygen atoms in total. The highest BCUT2D eigenvalue weighted by Crippen LogP contribution is 2.36. The fraction of sp³-hybridized carbons (Fsp3) is 0. The average molecular weight is 720 g/mol. The van der Waals surface area contributed by atoms with Gasteiger partial charge in [0.25, 0.3) is 0 Å². The van der Waals surface area contributed by atoms with Crippen molar-refractivity contribution in [2.45, 2.75) is 0 Å². The summed E-state index contributed by atoms with van der Waals surface area (Å²) in [7, 11) is 0. The summed E-state index contributed by atoms with van der Waals surface area (Å²) < 4.78 is 4.38. The number of para-hydroxylation sites is 2. The minimum absolute atomic E-state index is 0.728. The Kier molecular flexibility index (Phi) is 7.27. The molecule has 0 aliphatic rings. The monoisotopic (exact) mass is 719 g/mol. The highest BCUT2D eigenvalue weighted by atomic mass is 15.1. The smallest absolute Gasteiger partial charge is 0.138 e. The number of aromatic nitrogens is 9. The molecule has 11 aromatic rings. The maximum atomic E-state index is 5.39. The van der Waals surface area contributed by atoms with Crippen molar-refractivity contribution in [2.75, 3.05) is 0 Å². The SMILES string of the molecule is c1ccc(-c2cc(-c3cc(-c4ccc(-n5c6ccccc6c6cnccc65)nc4)nc(-c4ccccn4)c3)nc(-n3c4ccccc4c4cnccc43)c2)nc1. The first kappa shape index (κ1) is 31.6. The molecule has 0 saturated heterocycles. The number of fused-ring (bicyclic) bond motifs is 6. The topological polar surface area (TPSA) is 100 Å². The standard InChI is InChI=1S/C47H29N9/c1-3-13-42-33(9-1)35-28-48-21-17-44(35)55(42)46-16-15-30(27-52-46)39-23-31(25-41(53-39)38-12-6-8-20-51-38)40-24-32(37-11-5-7-19-50-37)26-47(54-40)56-43-14-4-2-10-34(43)36-29-49-22-18-45(36)56/h1-29H. The lowest BCUT2D eigenvalue weighted by molar-refractivity contribution is 1.08. The van der Waals surface area contributed by atoms with Gasteiger partial charge < -0.3 is 0 Å². The van der Waals surface area contributed by atoms with Gasteiger partial charge in [-0.2, -0.15) is 0 Å². The number of nitrogens with zero attached hydrogens (tertiary/aromatic N) is 9. The third-order valence-corrected chi connectivity index (χ3v) is 10.3. The van der Waals surface area contributed by atoms with Crippen molar-refractivity contribution in [3.8, 4) is 56.8 Å². The molecule has 9 heteroatoms. The van der Waals surface area contributed by atoms with Gasteiger partial charge in [0, 0.05) is 81.6 Å². The summed E-state index contributed by atoms with van der Waals surface area (Å²) in [5.74, 6) is 1.58. The Hall–Kier alpha value is -7.91. The van der Waals surface area contributed by atoms with E-state index < -0.39 is 0 Å². The predicted octanol–water partition coefficient (Wildman–Crippen LogP) is 10.3. The van der Waals surface area contributed by atoms with E-state index in [0.29, 0.717) is 0 Å². The lowest BCUT2D eigenvalue weighted by Crippen LogP contribution is -2.01. The molecule has 0 amide bonds. The van der Waals surface area contributed by atoms with E-state index in [1.807, 2.05) is 91.8 Å². The normalized spacial score (nSPS) is 11.6. The van der Waals surface area contributed by atoms with Crippen LogP contribution in [0.25, 0.3) is 100 Å². The second-order valence-electron chi connectivity index (χ2n) is 13.6. The first-order chi connectivity index (χ1) is 27.8. The van der Waals surface area contributed by atoms with Crippen molar-refractivity contribution in [1.82, 2.24) is 44.0 Å². The number of pyridine rings is 7. The lowest BCUT2D eigenvalue weighted by Gasteiger charge is -2.14. The Morgan fingerprint density at radius 1 is 0.321 bits per heavy atom. The van der Waals surface area contributed by atoms with Crippen LogP contribution in [-0.4, -0.2) is 44.0 Å². The number of rotatable bonds is 6. The predicted molar refractivity (Wildman–Crippen MR) is 221 cm³/mol. The van der Waals surface area contributed by atoms with E-state index >= 15 is 0 Å². The Morgan fingerprint density at radius 2 is 0.875 bits per heavy atom. The zero-order chi connectivity index (χ0) is 37.0. The summed E-state index contributed by atoms with van der Waals surface area (Å²) in [5, 5.41) is 4.39.